The molecular weight excluding hydrogens is 220 g/mol. The Balaban J connectivity index is 2.10. The Morgan fingerprint density at radius 2 is 2.11 bits per heavy atom. The molecule has 2 atom stereocenters. The Morgan fingerprint density at radius 1 is 1.28 bits per heavy atom. The quantitative estimate of drug-likeness (QED) is 0.705. The average molecular weight is 244 g/mol. The third-order valence-corrected chi connectivity index (χ3v) is 4.35. The van der Waals surface area contributed by atoms with Gasteiger partial charge in [0.05, 0.1) is 0 Å². The fraction of sp³-hybridized carbons (Fsp3) is 0.588. The van der Waals surface area contributed by atoms with E-state index in [9.17, 15) is 4.79 Å². The van der Waals surface area contributed by atoms with Crippen LogP contribution in [0.25, 0.3) is 0 Å². The molecule has 0 aromatic heterocycles. The van der Waals surface area contributed by atoms with Crippen LogP contribution in [-0.2, 0) is 6.42 Å². The van der Waals surface area contributed by atoms with E-state index in [1.165, 1.54) is 24.8 Å². The van der Waals surface area contributed by atoms with Crippen molar-refractivity contribution in [2.75, 3.05) is 0 Å². The summed E-state index contributed by atoms with van der Waals surface area (Å²) in [7, 11) is 0. The number of carbonyl (C=O) groups is 1. The second-order valence-corrected chi connectivity index (χ2v) is 5.56. The first-order valence-corrected chi connectivity index (χ1v) is 7.37. The summed E-state index contributed by atoms with van der Waals surface area (Å²) in [5.74, 6) is 1.42. The molecule has 0 saturated heterocycles. The van der Waals surface area contributed by atoms with E-state index in [2.05, 4.69) is 26.0 Å². The van der Waals surface area contributed by atoms with Crippen molar-refractivity contribution in [2.45, 2.75) is 52.4 Å². The Kier molecular flexibility index (Phi) is 4.57. The van der Waals surface area contributed by atoms with Gasteiger partial charge in [-0.15, -0.1) is 0 Å². The number of ketones is 1. The summed E-state index contributed by atoms with van der Waals surface area (Å²) < 4.78 is 0. The van der Waals surface area contributed by atoms with Crippen LogP contribution in [0.5, 0.6) is 0 Å². The molecular formula is C17H24O. The first-order chi connectivity index (χ1) is 8.74. The number of carbonyl (C=O) groups excluding carboxylic acids is 1. The number of aryl methyl sites for hydroxylation is 1. The highest BCUT2D eigenvalue weighted by atomic mass is 16.1. The van der Waals surface area contributed by atoms with Gasteiger partial charge in [-0.25, -0.2) is 0 Å². The fourth-order valence-corrected chi connectivity index (χ4v) is 3.08. The second kappa shape index (κ2) is 6.17. The normalized spacial score (nSPS) is 23.9. The van der Waals surface area contributed by atoms with Crippen molar-refractivity contribution in [3.8, 4) is 0 Å². The molecule has 1 aliphatic rings. The van der Waals surface area contributed by atoms with Crippen LogP contribution in [0.2, 0.25) is 0 Å². The van der Waals surface area contributed by atoms with Gasteiger partial charge in [-0.3, -0.25) is 4.79 Å². The van der Waals surface area contributed by atoms with Crippen LogP contribution < -0.4 is 0 Å². The number of rotatable bonds is 4. The summed E-state index contributed by atoms with van der Waals surface area (Å²) in [6.45, 7) is 4.38. The van der Waals surface area contributed by atoms with Gasteiger partial charge in [-0.2, -0.15) is 0 Å². The van der Waals surface area contributed by atoms with Crippen LogP contribution in [0, 0.1) is 11.8 Å². The Labute approximate surface area is 111 Å². The maximum Gasteiger partial charge on any atom is 0.165 e. The first kappa shape index (κ1) is 13.3. The molecule has 1 fully saturated rings. The summed E-state index contributed by atoms with van der Waals surface area (Å²) in [6, 6.07) is 8.19. The van der Waals surface area contributed by atoms with Gasteiger partial charge in [-0.05, 0) is 36.8 Å². The molecule has 0 bridgehead atoms. The van der Waals surface area contributed by atoms with E-state index >= 15 is 0 Å². The van der Waals surface area contributed by atoms with Crippen LogP contribution in [0.4, 0.5) is 0 Å². The van der Waals surface area contributed by atoms with Gasteiger partial charge in [0.15, 0.2) is 5.78 Å². The molecule has 2 rings (SSSR count). The van der Waals surface area contributed by atoms with Crippen molar-refractivity contribution in [3.63, 3.8) is 0 Å². The minimum Gasteiger partial charge on any atom is -0.294 e. The molecule has 0 N–H and O–H groups in total. The second-order valence-electron chi connectivity index (χ2n) is 5.56. The minimum atomic E-state index is 0.274. The largest absolute Gasteiger partial charge is 0.294 e. The fourth-order valence-electron chi connectivity index (χ4n) is 3.08. The molecule has 1 aliphatic carbocycles. The maximum absolute atomic E-state index is 12.5. The number of hydrogen-bond acceptors (Lipinski definition) is 1. The summed E-state index contributed by atoms with van der Waals surface area (Å²) in [4.78, 5) is 12.5. The number of benzene rings is 1. The molecule has 1 nitrogen and oxygen atoms in total. The van der Waals surface area contributed by atoms with Crippen molar-refractivity contribution < 1.29 is 4.79 Å². The van der Waals surface area contributed by atoms with Crippen molar-refractivity contribution >= 4 is 5.78 Å². The Bertz CT molecular complexity index is 408. The van der Waals surface area contributed by atoms with E-state index in [1.54, 1.807) is 0 Å². The van der Waals surface area contributed by atoms with Crippen molar-refractivity contribution in [1.29, 1.82) is 0 Å². The molecule has 0 aliphatic heterocycles. The van der Waals surface area contributed by atoms with Crippen LogP contribution >= 0.6 is 0 Å². The molecule has 0 heterocycles. The van der Waals surface area contributed by atoms with Gasteiger partial charge < -0.3 is 0 Å². The van der Waals surface area contributed by atoms with Gasteiger partial charge in [-0.1, -0.05) is 51.3 Å². The molecule has 0 amide bonds. The lowest BCUT2D eigenvalue weighted by atomic mass is 9.77. The summed E-state index contributed by atoms with van der Waals surface area (Å²) in [5.41, 5.74) is 2.19. The Hall–Kier alpha value is -1.11. The molecule has 1 saturated carbocycles. The highest BCUT2D eigenvalue weighted by Crippen LogP contribution is 2.33. The van der Waals surface area contributed by atoms with E-state index in [0.717, 1.165) is 30.7 Å². The molecule has 2 unspecified atom stereocenters. The Morgan fingerprint density at radius 3 is 2.83 bits per heavy atom. The van der Waals surface area contributed by atoms with Gasteiger partial charge in [0.2, 0.25) is 0 Å². The van der Waals surface area contributed by atoms with Crippen molar-refractivity contribution in [1.82, 2.24) is 0 Å². The monoisotopic (exact) mass is 244 g/mol. The summed E-state index contributed by atoms with van der Waals surface area (Å²) in [6.07, 6.45) is 6.96. The summed E-state index contributed by atoms with van der Waals surface area (Å²) >= 11 is 0. The number of hydrogen-bond donors (Lipinski definition) is 0. The smallest absolute Gasteiger partial charge is 0.165 e. The molecule has 18 heavy (non-hydrogen) atoms. The zero-order chi connectivity index (χ0) is 13.0. The van der Waals surface area contributed by atoms with Crippen LogP contribution in [0.15, 0.2) is 24.3 Å². The van der Waals surface area contributed by atoms with Gasteiger partial charge in [0.1, 0.15) is 0 Å². The highest BCUT2D eigenvalue weighted by Gasteiger charge is 2.26. The maximum atomic E-state index is 12.5. The zero-order valence-electron chi connectivity index (χ0n) is 11.6. The van der Waals surface area contributed by atoms with E-state index < -0.39 is 0 Å². The lowest BCUT2D eigenvalue weighted by Gasteiger charge is -2.27. The van der Waals surface area contributed by atoms with Crippen LogP contribution in [-0.4, -0.2) is 5.78 Å². The topological polar surface area (TPSA) is 17.1 Å². The predicted molar refractivity (Wildman–Crippen MR) is 75.9 cm³/mol. The highest BCUT2D eigenvalue weighted by molar-refractivity contribution is 5.98. The number of Topliss-reactive ketones (excluding diaryl/α,β-unsaturated/α-hetero) is 1. The lowest BCUT2D eigenvalue weighted by molar-refractivity contribution is 0.0862. The van der Waals surface area contributed by atoms with E-state index in [4.69, 9.17) is 0 Å². The van der Waals surface area contributed by atoms with Crippen molar-refractivity contribution in [2.24, 2.45) is 11.8 Å². The minimum absolute atomic E-state index is 0.274. The third kappa shape index (κ3) is 3.01. The third-order valence-electron chi connectivity index (χ3n) is 4.35. The molecule has 1 aromatic carbocycles. The lowest BCUT2D eigenvalue weighted by Crippen LogP contribution is -2.22. The molecule has 1 aromatic rings. The van der Waals surface area contributed by atoms with Gasteiger partial charge >= 0.3 is 0 Å². The molecule has 1 heteroatoms. The van der Waals surface area contributed by atoms with Crippen LogP contribution in [0.1, 0.15) is 61.9 Å². The molecule has 98 valence electrons. The zero-order valence-corrected chi connectivity index (χ0v) is 11.6. The average Bonchev–Trinajstić information content (AvgIpc) is 2.46. The van der Waals surface area contributed by atoms with E-state index in [-0.39, 0.29) is 5.92 Å². The SMILES string of the molecule is CCc1cccc(C(=O)C2CCCC(CC)C2)c1. The van der Waals surface area contributed by atoms with Crippen molar-refractivity contribution in [3.05, 3.63) is 35.4 Å². The predicted octanol–water partition coefficient (Wildman–Crippen LogP) is 4.65. The van der Waals surface area contributed by atoms with E-state index in [0.29, 0.717) is 5.78 Å². The molecule has 0 spiro atoms. The summed E-state index contributed by atoms with van der Waals surface area (Å²) in [5, 5.41) is 0. The van der Waals surface area contributed by atoms with Gasteiger partial charge in [0.25, 0.3) is 0 Å². The van der Waals surface area contributed by atoms with Crippen LogP contribution in [0.3, 0.4) is 0 Å². The first-order valence-electron chi connectivity index (χ1n) is 7.37. The molecule has 0 radical (unpaired) electrons. The van der Waals surface area contributed by atoms with Gasteiger partial charge in [0, 0.05) is 11.5 Å². The van der Waals surface area contributed by atoms with E-state index in [1.807, 2.05) is 12.1 Å². The standard InChI is InChI=1S/C17H24O/c1-3-13-7-5-9-15(11-13)17(18)16-10-6-8-14(4-2)12-16/h5,7,9,11,14,16H,3-4,6,8,10,12H2,1-2H3.